The Balaban J connectivity index is 2.04. The zero-order valence-corrected chi connectivity index (χ0v) is 68.8. The average molecular weight is 1670 g/mol. The summed E-state index contributed by atoms with van der Waals surface area (Å²) in [6.45, 7) is 4.29. The van der Waals surface area contributed by atoms with Crippen molar-refractivity contribution in [2.45, 2.75) is 172 Å². The molecule has 0 aliphatic carbocycles. The minimum Gasteiger partial charge on any atom is -0.497 e. The van der Waals surface area contributed by atoms with Crippen LogP contribution in [0, 0.1) is 11.8 Å². The summed E-state index contributed by atoms with van der Waals surface area (Å²) in [5.41, 5.74) is 12.1. The molecule has 0 heterocycles. The van der Waals surface area contributed by atoms with E-state index >= 15 is 0 Å². The van der Waals surface area contributed by atoms with Gasteiger partial charge in [-0.2, -0.15) is 17.2 Å². The zero-order valence-electron chi connectivity index (χ0n) is 65.5. The summed E-state index contributed by atoms with van der Waals surface area (Å²) in [7, 11) is -16.5. The monoisotopic (exact) mass is 1670 g/mol. The van der Waals surface area contributed by atoms with Gasteiger partial charge in [-0.3, -0.25) is 52.7 Å². The first-order valence-electron chi connectivity index (χ1n) is 36.4. The van der Waals surface area contributed by atoms with Crippen LogP contribution in [0.1, 0.15) is 105 Å². The molecule has 42 heteroatoms. The van der Waals surface area contributed by atoms with Gasteiger partial charge < -0.3 is 79.4 Å². The van der Waals surface area contributed by atoms with Crippen LogP contribution in [0.4, 0.5) is 0 Å². The van der Waals surface area contributed by atoms with Gasteiger partial charge in [0.25, 0.3) is 0 Å². The lowest BCUT2D eigenvalue weighted by Gasteiger charge is -2.31. The third-order valence-electron chi connectivity index (χ3n) is 17.2. The Morgan fingerprint density at radius 2 is 0.929 bits per heavy atom. The summed E-state index contributed by atoms with van der Waals surface area (Å²) in [5, 5.41) is 53.2. The summed E-state index contributed by atoms with van der Waals surface area (Å²) in [5.74, 6) is -12.2. The number of hydrogen-bond acceptors (Lipinski definition) is 23. The fourth-order valence-corrected chi connectivity index (χ4v) is 16.3. The van der Waals surface area contributed by atoms with E-state index in [4.69, 9.17) is 16.2 Å². The van der Waals surface area contributed by atoms with E-state index < -0.39 is 254 Å². The molecule has 0 spiro atoms. The van der Waals surface area contributed by atoms with E-state index in [1.165, 1.54) is 52.1 Å². The number of carbonyl (C=O) groups is 11. The predicted octanol–water partition coefficient (Wildman–Crippen LogP) is -3.70. The van der Waals surface area contributed by atoms with E-state index in [1.54, 1.807) is 88.4 Å². The van der Waals surface area contributed by atoms with Gasteiger partial charge in [0, 0.05) is 57.6 Å². The number of unbranched alkanes of at least 4 members (excludes halogenated alkanes) is 1. The van der Waals surface area contributed by atoms with Crippen molar-refractivity contribution in [3.63, 3.8) is 0 Å². The molecular formula is C71H113N15O23S4. The van der Waals surface area contributed by atoms with Gasteiger partial charge in [-0.1, -0.05) is 94.8 Å². The van der Waals surface area contributed by atoms with Crippen LogP contribution in [-0.4, -0.2) is 283 Å². The first-order chi connectivity index (χ1) is 52.7. The number of rotatable bonds is 53. The van der Waals surface area contributed by atoms with Crippen molar-refractivity contribution in [1.29, 1.82) is 0 Å². The van der Waals surface area contributed by atoms with Gasteiger partial charge in [0.1, 0.15) is 36.0 Å². The van der Waals surface area contributed by atoms with Crippen LogP contribution in [-0.2, 0) is 106 Å². The highest BCUT2D eigenvalue weighted by Gasteiger charge is 2.38. The fraction of sp³-hybridized carbons (Fsp3) is 0.592. The number of aliphatic carboxylic acids is 1. The Bertz CT molecular complexity index is 4130. The van der Waals surface area contributed by atoms with Gasteiger partial charge >= 0.3 is 5.97 Å². The van der Waals surface area contributed by atoms with E-state index in [1.807, 2.05) is 0 Å². The molecule has 113 heavy (non-hydrogen) atoms. The Morgan fingerprint density at radius 1 is 0.496 bits per heavy atom. The van der Waals surface area contributed by atoms with Gasteiger partial charge in [0.05, 0.1) is 75.2 Å². The quantitative estimate of drug-likeness (QED) is 0.0242. The molecule has 3 aromatic rings. The van der Waals surface area contributed by atoms with E-state index in [0.29, 0.717) is 30.5 Å². The van der Waals surface area contributed by atoms with Crippen molar-refractivity contribution >= 4 is 105 Å². The molecule has 0 aliphatic heterocycles. The number of aliphatic hydroxyl groups is 2. The summed E-state index contributed by atoms with van der Waals surface area (Å²) in [6.07, 6.45) is -0.896. The SMILES string of the molecule is COc1ccc(S(=O)(=O)N(CC(=O)N[C@@H](C)C(=O)N[C@@H](CCCCN)CN(CC(=O)N[C@@H](CC(C)C)C(=O)N[C@@H](CO)CN(CC(=O)N[C@@H](C)C(N)=O)S(C)(=O)=O)S(=O)(=O)CC(C)C)C[C@H](Cc2ccccc2)NC(=O)[C@H](CCC(=O)O)NC(=O)CN(C[C@H](Cc2ccccc2)NC(=O)C(NC(C)=O)[C@H](C)O)S(C)(=O)=O)cc1. The molecule has 1 unspecified atom stereocenters. The van der Waals surface area contributed by atoms with Crippen LogP contribution < -0.4 is 64.1 Å². The lowest BCUT2D eigenvalue weighted by atomic mass is 10.0. The number of nitrogens with two attached hydrogens (primary N) is 2. The van der Waals surface area contributed by atoms with Gasteiger partial charge in [0.15, 0.2) is 0 Å². The lowest BCUT2D eigenvalue weighted by molar-refractivity contribution is -0.138. The topological polar surface area (TPSA) is 568 Å². The molecule has 0 aromatic heterocycles. The molecule has 0 saturated heterocycles. The first-order valence-corrected chi connectivity index (χ1v) is 43.2. The maximum atomic E-state index is 15.0. The summed E-state index contributed by atoms with van der Waals surface area (Å²) in [4.78, 5) is 148. The number of carboxylic acid groups (broad SMARTS) is 1. The largest absolute Gasteiger partial charge is 0.497 e. The number of carboxylic acids is 1. The highest BCUT2D eigenvalue weighted by atomic mass is 32.2. The predicted molar refractivity (Wildman–Crippen MR) is 417 cm³/mol. The number of methoxy groups -OCH3 is 1. The first kappa shape index (κ1) is 98.3. The van der Waals surface area contributed by atoms with Crippen molar-refractivity contribution in [1.82, 2.24) is 65.1 Å². The van der Waals surface area contributed by atoms with Gasteiger partial charge in [-0.05, 0) is 113 Å². The van der Waals surface area contributed by atoms with Crippen LogP contribution in [0.3, 0.4) is 0 Å². The van der Waals surface area contributed by atoms with Crippen molar-refractivity contribution in [2.24, 2.45) is 23.3 Å². The standard InChI is InChI=1S/C71H113N15O23S4/c1-45(2)32-60(70(99)80-56(43-87)38-84(111(11,103)104)39-61(90)74-47(5)67(73)96)82-64(93)41-85(112(105,106)44-46(3)4)35-53(24-18-19-31-72)77-68(97)48(6)75-62(91)42-86(113(107,108)58-27-25-57(109-9)26-28-58)37-55(34-52-22-16-13-17-23-52)78-69(98)59(29-30-65(94)95)81-63(92)40-83(110(10,101)102)36-54(33-51-20-14-12-15-21-51)79-71(100)66(49(7)88)76-50(8)89/h12-17,20-23,25-28,45-49,53-56,59-60,66,87-88H,18-19,24,29-44,72H2,1-11H3,(H2,73,96)(H,74,90)(H,75,91)(H,76,89)(H,77,97)(H,78,98)(H,79,100)(H,80,99)(H,81,92)(H,82,93)(H,94,95)/t47-,48-,49-,53-,54-,55-,56+,59-,60-,66?/m0/s1. The van der Waals surface area contributed by atoms with E-state index in [2.05, 4.69) is 47.9 Å². The Hall–Kier alpha value is -8.85. The number of primary amides is 1. The minimum atomic E-state index is -4.85. The number of benzene rings is 3. The Morgan fingerprint density at radius 3 is 1.38 bits per heavy atom. The molecule has 0 aliphatic rings. The molecule has 0 radical (unpaired) electrons. The maximum Gasteiger partial charge on any atom is 0.303 e. The van der Waals surface area contributed by atoms with Crippen LogP contribution >= 0.6 is 0 Å². The number of ether oxygens (including phenoxy) is 1. The second-order valence-electron chi connectivity index (χ2n) is 28.4. The molecule has 0 fully saturated rings. The van der Waals surface area contributed by atoms with Crippen molar-refractivity contribution in [3.05, 3.63) is 96.1 Å². The lowest BCUT2D eigenvalue weighted by Crippen LogP contribution is -2.58. The molecule has 10 atom stereocenters. The molecule has 3 rings (SSSR count). The van der Waals surface area contributed by atoms with E-state index in [9.17, 15) is 102 Å². The molecular weight excluding hydrogens is 1560 g/mol. The van der Waals surface area contributed by atoms with E-state index in [-0.39, 0.29) is 50.3 Å². The zero-order chi connectivity index (χ0) is 85.3. The molecule has 38 nitrogen and oxygen atoms in total. The third-order valence-corrected chi connectivity index (χ3v) is 23.6. The molecule has 10 amide bonds. The average Bonchev–Trinajstić information content (AvgIpc) is 0.793. The highest BCUT2D eigenvalue weighted by molar-refractivity contribution is 7.89. The molecule has 16 N–H and O–H groups in total. The summed E-state index contributed by atoms with van der Waals surface area (Å²) < 4.78 is 119. The minimum absolute atomic E-state index is 0.0323. The number of aliphatic hydroxyl groups excluding tert-OH is 2. The Kier molecular flexibility index (Phi) is 41.0. The second kappa shape index (κ2) is 47.1. The molecule has 0 saturated carbocycles. The molecule has 0 bridgehead atoms. The second-order valence-corrected chi connectivity index (χ2v) is 36.3. The van der Waals surface area contributed by atoms with Crippen LogP contribution in [0.2, 0.25) is 0 Å². The number of sulfonamides is 4. The van der Waals surface area contributed by atoms with Crippen LogP contribution in [0.25, 0.3) is 0 Å². The van der Waals surface area contributed by atoms with Gasteiger partial charge in [-0.25, -0.2) is 33.7 Å². The van der Waals surface area contributed by atoms with Crippen molar-refractivity contribution in [3.8, 4) is 5.75 Å². The fourth-order valence-electron chi connectivity index (χ4n) is 11.5. The molecule has 3 aromatic carbocycles. The summed E-state index contributed by atoms with van der Waals surface area (Å²) >= 11 is 0. The van der Waals surface area contributed by atoms with Crippen LogP contribution in [0.5, 0.6) is 5.75 Å². The number of hydrogen-bond donors (Lipinski definition) is 14. The third kappa shape index (κ3) is 36.5. The van der Waals surface area contributed by atoms with Crippen LogP contribution in [0.15, 0.2) is 89.8 Å². The van der Waals surface area contributed by atoms with Crippen molar-refractivity contribution in [2.75, 3.05) is 90.9 Å². The van der Waals surface area contributed by atoms with Gasteiger partial charge in [-0.15, -0.1) is 0 Å². The normalized spacial score (nSPS) is 14.8. The smallest absolute Gasteiger partial charge is 0.303 e. The summed E-state index contributed by atoms with van der Waals surface area (Å²) in [6, 6.07) is 9.15. The van der Waals surface area contributed by atoms with Gasteiger partial charge in [0.2, 0.25) is 99.2 Å². The number of nitrogens with one attached hydrogen (secondary N) is 9. The molecule has 634 valence electrons. The Labute approximate surface area is 661 Å². The number of amides is 10. The highest BCUT2D eigenvalue weighted by Crippen LogP contribution is 2.22. The maximum absolute atomic E-state index is 15.0. The van der Waals surface area contributed by atoms with Crippen molar-refractivity contribution < 1.29 is 106 Å². The number of nitrogens with zero attached hydrogens (tertiary/aromatic N) is 4. The van der Waals surface area contributed by atoms with E-state index in [0.717, 1.165) is 23.7 Å². The number of carbonyl (C=O) groups excluding carboxylic acids is 10.